The van der Waals surface area contributed by atoms with Crippen molar-refractivity contribution < 1.29 is 14.7 Å². The molecule has 21 heavy (non-hydrogen) atoms. The lowest BCUT2D eigenvalue weighted by molar-refractivity contribution is -0.129. The lowest BCUT2D eigenvalue weighted by Gasteiger charge is -2.19. The van der Waals surface area contributed by atoms with E-state index >= 15 is 0 Å². The zero-order valence-electron chi connectivity index (χ0n) is 13.3. The zero-order valence-corrected chi connectivity index (χ0v) is 13.3. The number of hydrogen-bond donors (Lipinski definition) is 2. The molecule has 0 unspecified atom stereocenters. The summed E-state index contributed by atoms with van der Waals surface area (Å²) in [5, 5.41) is 8.36. The van der Waals surface area contributed by atoms with Crippen molar-refractivity contribution in [1.29, 1.82) is 0 Å². The molecule has 118 valence electrons. The number of hydrogen-bond acceptors (Lipinski definition) is 3. The molecule has 0 radical (unpaired) electrons. The summed E-state index contributed by atoms with van der Waals surface area (Å²) in [7, 11) is 0. The highest BCUT2D eigenvalue weighted by atomic mass is 16.5. The Kier molecular flexibility index (Phi) is 7.23. The van der Waals surface area contributed by atoms with E-state index in [1.165, 1.54) is 5.56 Å². The number of hydroxylamine groups is 1. The molecule has 0 fully saturated rings. The van der Waals surface area contributed by atoms with Gasteiger partial charge in [-0.05, 0) is 36.0 Å². The molecule has 0 saturated carbocycles. The van der Waals surface area contributed by atoms with E-state index in [4.69, 9.17) is 9.94 Å². The first-order valence-corrected chi connectivity index (χ1v) is 7.60. The summed E-state index contributed by atoms with van der Waals surface area (Å²) in [5.41, 5.74) is 3.05. The van der Waals surface area contributed by atoms with Gasteiger partial charge in [-0.2, -0.15) is 0 Å². The topological polar surface area (TPSA) is 58.6 Å². The molecule has 0 aromatic heterocycles. The number of carbonyl (C=O) groups is 1. The standard InChI is InChI=1S/C17H27NO3/c1-17(2,3)14-9-8-10-15(13-14)21-12-7-5-4-6-11-16(19)18-20/h8-10,13,20H,4-7,11-12H2,1-3H3,(H,18,19). The monoisotopic (exact) mass is 293 g/mol. The third-order valence-corrected chi connectivity index (χ3v) is 3.39. The molecule has 0 saturated heterocycles. The Morgan fingerprint density at radius 1 is 1.19 bits per heavy atom. The van der Waals surface area contributed by atoms with Crippen LogP contribution in [0.3, 0.4) is 0 Å². The van der Waals surface area contributed by atoms with Gasteiger partial charge in [-0.3, -0.25) is 10.0 Å². The van der Waals surface area contributed by atoms with E-state index < -0.39 is 0 Å². The molecular formula is C17H27NO3. The molecule has 0 aliphatic carbocycles. The van der Waals surface area contributed by atoms with Crippen molar-refractivity contribution in [2.75, 3.05) is 6.61 Å². The van der Waals surface area contributed by atoms with Crippen molar-refractivity contribution in [1.82, 2.24) is 5.48 Å². The smallest absolute Gasteiger partial charge is 0.243 e. The maximum absolute atomic E-state index is 10.8. The van der Waals surface area contributed by atoms with Gasteiger partial charge >= 0.3 is 0 Å². The van der Waals surface area contributed by atoms with Crippen molar-refractivity contribution in [3.05, 3.63) is 29.8 Å². The van der Waals surface area contributed by atoms with Gasteiger partial charge in [0.2, 0.25) is 5.91 Å². The van der Waals surface area contributed by atoms with Gasteiger partial charge in [0.25, 0.3) is 0 Å². The van der Waals surface area contributed by atoms with E-state index in [9.17, 15) is 4.79 Å². The van der Waals surface area contributed by atoms with E-state index in [1.54, 1.807) is 5.48 Å². The quantitative estimate of drug-likeness (QED) is 0.435. The Bertz CT molecular complexity index is 438. The third kappa shape index (κ3) is 7.14. The molecule has 2 N–H and O–H groups in total. The maximum Gasteiger partial charge on any atom is 0.243 e. The summed E-state index contributed by atoms with van der Waals surface area (Å²) in [6.45, 7) is 7.26. The predicted octanol–water partition coefficient (Wildman–Crippen LogP) is 3.82. The van der Waals surface area contributed by atoms with Crippen LogP contribution < -0.4 is 10.2 Å². The summed E-state index contributed by atoms with van der Waals surface area (Å²) in [4.78, 5) is 10.8. The van der Waals surface area contributed by atoms with Crippen molar-refractivity contribution in [2.24, 2.45) is 0 Å². The number of benzene rings is 1. The Morgan fingerprint density at radius 3 is 2.57 bits per heavy atom. The minimum absolute atomic E-state index is 0.132. The second kappa shape index (κ2) is 8.67. The van der Waals surface area contributed by atoms with Crippen LogP contribution in [-0.4, -0.2) is 17.7 Å². The van der Waals surface area contributed by atoms with Crippen LogP contribution in [0.2, 0.25) is 0 Å². The SMILES string of the molecule is CC(C)(C)c1cccc(OCCCCCCC(=O)NO)c1. The lowest BCUT2D eigenvalue weighted by atomic mass is 9.87. The summed E-state index contributed by atoms with van der Waals surface area (Å²) in [5.74, 6) is 0.604. The number of amides is 1. The molecule has 0 bridgehead atoms. The van der Waals surface area contributed by atoms with Crippen molar-refractivity contribution >= 4 is 5.91 Å². The van der Waals surface area contributed by atoms with Gasteiger partial charge < -0.3 is 4.74 Å². The molecule has 4 heteroatoms. The van der Waals surface area contributed by atoms with Crippen LogP contribution in [0.15, 0.2) is 24.3 Å². The molecule has 1 rings (SSSR count). The number of rotatable bonds is 8. The van der Waals surface area contributed by atoms with Crippen molar-refractivity contribution in [3.63, 3.8) is 0 Å². The second-order valence-electron chi connectivity index (χ2n) is 6.33. The molecular weight excluding hydrogens is 266 g/mol. The fourth-order valence-electron chi connectivity index (χ4n) is 2.04. The van der Waals surface area contributed by atoms with E-state index in [1.807, 2.05) is 12.1 Å². The average Bonchev–Trinajstić information content (AvgIpc) is 2.45. The van der Waals surface area contributed by atoms with Gasteiger partial charge in [0.15, 0.2) is 0 Å². The Labute approximate surface area is 127 Å². The van der Waals surface area contributed by atoms with Gasteiger partial charge in [-0.25, -0.2) is 5.48 Å². The second-order valence-corrected chi connectivity index (χ2v) is 6.33. The van der Waals surface area contributed by atoms with E-state index in [2.05, 4.69) is 32.9 Å². The van der Waals surface area contributed by atoms with E-state index in [-0.39, 0.29) is 11.3 Å². The van der Waals surface area contributed by atoms with Crippen LogP contribution in [0.5, 0.6) is 5.75 Å². The normalized spacial score (nSPS) is 11.2. The van der Waals surface area contributed by atoms with Crippen molar-refractivity contribution in [3.8, 4) is 5.75 Å². The number of unbranched alkanes of at least 4 members (excludes halogenated alkanes) is 3. The lowest BCUT2D eigenvalue weighted by Crippen LogP contribution is -2.17. The molecule has 0 aliphatic rings. The van der Waals surface area contributed by atoms with Crippen LogP contribution >= 0.6 is 0 Å². The first-order valence-electron chi connectivity index (χ1n) is 7.60. The van der Waals surface area contributed by atoms with Crippen LogP contribution in [0.1, 0.15) is 58.4 Å². The molecule has 1 aromatic rings. The Morgan fingerprint density at radius 2 is 1.90 bits per heavy atom. The number of carbonyl (C=O) groups excluding carboxylic acids is 1. The predicted molar refractivity (Wildman–Crippen MR) is 83.7 cm³/mol. The minimum atomic E-state index is -0.315. The first-order chi connectivity index (χ1) is 9.93. The highest BCUT2D eigenvalue weighted by molar-refractivity contribution is 5.74. The third-order valence-electron chi connectivity index (χ3n) is 3.39. The highest BCUT2D eigenvalue weighted by Crippen LogP contribution is 2.25. The van der Waals surface area contributed by atoms with Crippen LogP contribution in [0, 0.1) is 0 Å². The first kappa shape index (κ1) is 17.5. The molecule has 0 atom stereocenters. The summed E-state index contributed by atoms with van der Waals surface area (Å²) in [6, 6.07) is 8.24. The van der Waals surface area contributed by atoms with Crippen molar-refractivity contribution in [2.45, 2.75) is 58.3 Å². The van der Waals surface area contributed by atoms with Gasteiger partial charge in [0.1, 0.15) is 5.75 Å². The Balaban J connectivity index is 2.20. The molecule has 1 aromatic carbocycles. The van der Waals surface area contributed by atoms with Gasteiger partial charge in [0.05, 0.1) is 6.61 Å². The maximum atomic E-state index is 10.8. The fourth-order valence-corrected chi connectivity index (χ4v) is 2.04. The van der Waals surface area contributed by atoms with Crippen LogP contribution in [0.25, 0.3) is 0 Å². The van der Waals surface area contributed by atoms with Crippen LogP contribution in [0.4, 0.5) is 0 Å². The number of nitrogens with one attached hydrogen (secondary N) is 1. The van der Waals surface area contributed by atoms with E-state index in [0.717, 1.165) is 31.4 Å². The summed E-state index contributed by atoms with van der Waals surface area (Å²) >= 11 is 0. The zero-order chi connectivity index (χ0) is 15.7. The minimum Gasteiger partial charge on any atom is -0.494 e. The largest absolute Gasteiger partial charge is 0.494 e. The van der Waals surface area contributed by atoms with E-state index in [0.29, 0.717) is 13.0 Å². The van der Waals surface area contributed by atoms with Gasteiger partial charge in [0, 0.05) is 6.42 Å². The average molecular weight is 293 g/mol. The molecule has 1 amide bonds. The summed E-state index contributed by atoms with van der Waals surface area (Å²) < 4.78 is 5.77. The molecule has 4 nitrogen and oxygen atoms in total. The molecule has 0 heterocycles. The summed E-state index contributed by atoms with van der Waals surface area (Å²) in [6.07, 6.45) is 4.15. The molecule has 0 aliphatic heterocycles. The number of ether oxygens (including phenoxy) is 1. The van der Waals surface area contributed by atoms with Gasteiger partial charge in [-0.15, -0.1) is 0 Å². The Hall–Kier alpha value is -1.55. The van der Waals surface area contributed by atoms with Gasteiger partial charge in [-0.1, -0.05) is 45.7 Å². The fraction of sp³-hybridized carbons (Fsp3) is 0.588. The highest BCUT2D eigenvalue weighted by Gasteiger charge is 2.13. The molecule has 0 spiro atoms. The van der Waals surface area contributed by atoms with Crippen LogP contribution in [-0.2, 0) is 10.2 Å².